The van der Waals surface area contributed by atoms with E-state index in [-0.39, 0.29) is 29.7 Å². The van der Waals surface area contributed by atoms with Gasteiger partial charge in [0.25, 0.3) is 0 Å². The van der Waals surface area contributed by atoms with Crippen molar-refractivity contribution in [3.05, 3.63) is 29.1 Å². The van der Waals surface area contributed by atoms with Gasteiger partial charge in [0.1, 0.15) is 5.88 Å². The Labute approximate surface area is 155 Å². The summed E-state index contributed by atoms with van der Waals surface area (Å²) in [5.41, 5.74) is 4.02. The first-order valence-electron chi connectivity index (χ1n) is 8.34. The fraction of sp³-hybridized carbons (Fsp3) is 0.389. The van der Waals surface area contributed by atoms with Gasteiger partial charge in [-0.05, 0) is 43.9 Å². The van der Waals surface area contributed by atoms with E-state index in [9.17, 15) is 9.59 Å². The van der Waals surface area contributed by atoms with Crippen LogP contribution in [0.4, 0.5) is 10.8 Å². The minimum absolute atomic E-state index is 0.0868. The number of fused-ring (bicyclic) bond motifs is 1. The van der Waals surface area contributed by atoms with Crippen LogP contribution < -0.4 is 10.2 Å². The maximum atomic E-state index is 12.5. The number of benzene rings is 1. The molecule has 130 valence electrons. The predicted molar refractivity (Wildman–Crippen MR) is 100 cm³/mol. The molecule has 7 heteroatoms. The topological polar surface area (TPSA) is 62.3 Å². The van der Waals surface area contributed by atoms with Crippen molar-refractivity contribution in [1.29, 1.82) is 0 Å². The lowest BCUT2D eigenvalue weighted by Crippen LogP contribution is -2.36. The van der Waals surface area contributed by atoms with Crippen LogP contribution in [0.1, 0.15) is 25.3 Å². The average Bonchev–Trinajstić information content (AvgIpc) is 3.26. The number of rotatable bonds is 4. The molecule has 1 saturated carbocycles. The van der Waals surface area contributed by atoms with E-state index < -0.39 is 0 Å². The van der Waals surface area contributed by atoms with Gasteiger partial charge < -0.3 is 10.2 Å². The number of aromatic nitrogens is 1. The van der Waals surface area contributed by atoms with E-state index in [0.29, 0.717) is 5.13 Å². The first-order valence-corrected chi connectivity index (χ1v) is 9.76. The second-order valence-corrected chi connectivity index (χ2v) is 7.72. The number of hydrogen-bond donors (Lipinski definition) is 1. The lowest BCUT2D eigenvalue weighted by atomic mass is 10.1. The molecule has 25 heavy (non-hydrogen) atoms. The molecule has 1 fully saturated rings. The first-order chi connectivity index (χ1) is 12.1. The number of carbonyl (C=O) groups excluding carboxylic acids is 2. The van der Waals surface area contributed by atoms with E-state index in [1.165, 1.54) is 16.9 Å². The molecule has 2 aromatic rings. The van der Waals surface area contributed by atoms with E-state index in [2.05, 4.69) is 23.3 Å². The van der Waals surface area contributed by atoms with Gasteiger partial charge in [0.05, 0.1) is 5.69 Å². The van der Waals surface area contributed by atoms with E-state index in [0.717, 1.165) is 36.2 Å². The SMILES string of the molecule is C[C@H]1Cc2cc(-c3csc(NC(=O)CCl)n3)ccc2N1C(=O)C1CC1. The molecule has 2 heterocycles. The number of alkyl halides is 1. The summed E-state index contributed by atoms with van der Waals surface area (Å²) in [4.78, 5) is 30.3. The molecule has 0 spiro atoms. The highest BCUT2D eigenvalue weighted by molar-refractivity contribution is 7.14. The van der Waals surface area contributed by atoms with Gasteiger partial charge in [-0.3, -0.25) is 9.59 Å². The van der Waals surface area contributed by atoms with Crippen LogP contribution in [0.25, 0.3) is 11.3 Å². The van der Waals surface area contributed by atoms with Gasteiger partial charge >= 0.3 is 0 Å². The molecule has 1 N–H and O–H groups in total. The van der Waals surface area contributed by atoms with Crippen molar-refractivity contribution in [3.63, 3.8) is 0 Å². The molecular formula is C18H18ClN3O2S. The highest BCUT2D eigenvalue weighted by Crippen LogP contribution is 2.40. The third-order valence-electron chi connectivity index (χ3n) is 4.63. The monoisotopic (exact) mass is 375 g/mol. The Balaban J connectivity index is 1.59. The Morgan fingerprint density at radius 3 is 2.92 bits per heavy atom. The van der Waals surface area contributed by atoms with Crippen molar-refractivity contribution in [2.45, 2.75) is 32.2 Å². The fourth-order valence-electron chi connectivity index (χ4n) is 3.27. The number of halogens is 1. The van der Waals surface area contributed by atoms with Gasteiger partial charge in [-0.1, -0.05) is 6.07 Å². The molecule has 0 saturated heterocycles. The zero-order chi connectivity index (χ0) is 17.6. The number of nitrogens with zero attached hydrogens (tertiary/aromatic N) is 2. The Morgan fingerprint density at radius 1 is 1.40 bits per heavy atom. The first kappa shape index (κ1) is 16.5. The number of thiazole rings is 1. The Bertz CT molecular complexity index is 847. The molecule has 0 radical (unpaired) electrons. The number of hydrogen-bond acceptors (Lipinski definition) is 4. The quantitative estimate of drug-likeness (QED) is 0.829. The van der Waals surface area contributed by atoms with E-state index in [4.69, 9.17) is 11.6 Å². The standard InChI is InChI=1S/C18H18ClN3O2S/c1-10-6-13-7-12(14-9-25-18(20-14)21-16(23)8-19)4-5-15(13)22(10)17(24)11-2-3-11/h4-5,7,9-11H,2-3,6,8H2,1H3,(H,20,21,23)/t10-/m0/s1. The molecule has 1 aliphatic carbocycles. The molecular weight excluding hydrogens is 358 g/mol. The summed E-state index contributed by atoms with van der Waals surface area (Å²) >= 11 is 6.88. The Morgan fingerprint density at radius 2 is 2.20 bits per heavy atom. The van der Waals surface area contributed by atoms with Crippen LogP contribution in [-0.2, 0) is 16.0 Å². The van der Waals surface area contributed by atoms with Crippen molar-refractivity contribution in [1.82, 2.24) is 4.98 Å². The van der Waals surface area contributed by atoms with E-state index >= 15 is 0 Å². The third-order valence-corrected chi connectivity index (χ3v) is 5.63. The van der Waals surface area contributed by atoms with Crippen LogP contribution in [-0.4, -0.2) is 28.7 Å². The summed E-state index contributed by atoms with van der Waals surface area (Å²) in [5.74, 6) is 0.134. The largest absolute Gasteiger partial charge is 0.309 e. The number of nitrogens with one attached hydrogen (secondary N) is 1. The van der Waals surface area contributed by atoms with Crippen molar-refractivity contribution >= 4 is 45.6 Å². The van der Waals surface area contributed by atoms with Gasteiger partial charge in [-0.2, -0.15) is 0 Å². The molecule has 4 rings (SSSR count). The van der Waals surface area contributed by atoms with Gasteiger partial charge in [-0.25, -0.2) is 4.98 Å². The summed E-state index contributed by atoms with van der Waals surface area (Å²) in [7, 11) is 0. The van der Waals surface area contributed by atoms with Crippen LogP contribution in [0.3, 0.4) is 0 Å². The van der Waals surface area contributed by atoms with Gasteiger partial charge in [0.2, 0.25) is 11.8 Å². The fourth-order valence-corrected chi connectivity index (χ4v) is 4.07. The van der Waals surface area contributed by atoms with E-state index in [1.54, 1.807) is 0 Å². The maximum absolute atomic E-state index is 12.5. The normalized spacial score (nSPS) is 19.0. The van der Waals surface area contributed by atoms with Crippen molar-refractivity contribution in [2.75, 3.05) is 16.1 Å². The van der Waals surface area contributed by atoms with Crippen LogP contribution in [0, 0.1) is 5.92 Å². The van der Waals surface area contributed by atoms with Crippen molar-refractivity contribution in [3.8, 4) is 11.3 Å². The second kappa shape index (κ2) is 6.42. The lowest BCUT2D eigenvalue weighted by Gasteiger charge is -2.22. The van der Waals surface area contributed by atoms with Crippen molar-refractivity contribution < 1.29 is 9.59 Å². The van der Waals surface area contributed by atoms with Gasteiger partial charge in [0, 0.05) is 28.6 Å². The zero-order valence-electron chi connectivity index (χ0n) is 13.8. The minimum atomic E-state index is -0.264. The summed E-state index contributed by atoms with van der Waals surface area (Å²) < 4.78 is 0. The highest BCUT2D eigenvalue weighted by Gasteiger charge is 2.39. The van der Waals surface area contributed by atoms with Crippen LogP contribution in [0.15, 0.2) is 23.6 Å². The van der Waals surface area contributed by atoms with E-state index in [1.807, 2.05) is 22.4 Å². The highest BCUT2D eigenvalue weighted by atomic mass is 35.5. The molecule has 5 nitrogen and oxygen atoms in total. The number of carbonyl (C=O) groups is 2. The molecule has 2 aliphatic rings. The Kier molecular flexibility index (Phi) is 4.25. The second-order valence-electron chi connectivity index (χ2n) is 6.60. The predicted octanol–water partition coefficient (Wildman–Crippen LogP) is 3.68. The minimum Gasteiger partial charge on any atom is -0.309 e. The smallest absolute Gasteiger partial charge is 0.241 e. The molecule has 1 aromatic carbocycles. The molecule has 0 unspecified atom stereocenters. The number of anilines is 2. The Hall–Kier alpha value is -1.92. The van der Waals surface area contributed by atoms with Crippen LogP contribution >= 0.6 is 22.9 Å². The molecule has 1 atom stereocenters. The van der Waals surface area contributed by atoms with Gasteiger partial charge in [0.15, 0.2) is 5.13 Å². The molecule has 0 bridgehead atoms. The lowest BCUT2D eigenvalue weighted by molar-refractivity contribution is -0.120. The van der Waals surface area contributed by atoms with Crippen molar-refractivity contribution in [2.24, 2.45) is 5.92 Å². The summed E-state index contributed by atoms with van der Waals surface area (Å²) in [6.45, 7) is 2.10. The molecule has 1 aliphatic heterocycles. The number of amides is 2. The van der Waals surface area contributed by atoms with Crippen LogP contribution in [0.2, 0.25) is 0 Å². The summed E-state index contributed by atoms with van der Waals surface area (Å²) in [5, 5.41) is 5.12. The zero-order valence-corrected chi connectivity index (χ0v) is 15.4. The molecule has 1 aromatic heterocycles. The summed E-state index contributed by atoms with van der Waals surface area (Å²) in [6.07, 6.45) is 2.90. The van der Waals surface area contributed by atoms with Gasteiger partial charge in [-0.15, -0.1) is 22.9 Å². The molecule has 2 amide bonds. The maximum Gasteiger partial charge on any atom is 0.241 e. The van der Waals surface area contributed by atoms with Crippen LogP contribution in [0.5, 0.6) is 0 Å². The third kappa shape index (κ3) is 3.16. The summed E-state index contributed by atoms with van der Waals surface area (Å²) in [6, 6.07) is 6.32. The average molecular weight is 376 g/mol.